The third kappa shape index (κ3) is 3.14. The molecule has 0 amide bonds. The van der Waals surface area contributed by atoms with Gasteiger partial charge in [0, 0.05) is 17.8 Å². The molecular formula is C11H20N2O. The van der Waals surface area contributed by atoms with Crippen LogP contribution >= 0.6 is 0 Å². The molecule has 0 saturated carbocycles. The topological polar surface area (TPSA) is 46.3 Å². The lowest BCUT2D eigenvalue weighted by atomic mass is 10.1. The molecule has 0 aromatic carbocycles. The Hall–Kier alpha value is -0.830. The van der Waals surface area contributed by atoms with Gasteiger partial charge < -0.3 is 5.73 Å². The van der Waals surface area contributed by atoms with Crippen molar-refractivity contribution in [3.8, 4) is 0 Å². The highest BCUT2D eigenvalue weighted by atomic mass is 16.1. The molecule has 14 heavy (non-hydrogen) atoms. The highest BCUT2D eigenvalue weighted by Crippen LogP contribution is 2.12. The lowest BCUT2D eigenvalue weighted by Crippen LogP contribution is -2.33. The number of hydrogen-bond acceptors (Lipinski definition) is 3. The van der Waals surface area contributed by atoms with Gasteiger partial charge in [-0.1, -0.05) is 6.42 Å². The Morgan fingerprint density at radius 1 is 1.21 bits per heavy atom. The molecule has 80 valence electrons. The van der Waals surface area contributed by atoms with Crippen molar-refractivity contribution in [2.24, 2.45) is 5.73 Å². The van der Waals surface area contributed by atoms with Gasteiger partial charge in [0.15, 0.2) is 5.78 Å². The van der Waals surface area contributed by atoms with Crippen molar-refractivity contribution in [1.29, 1.82) is 0 Å². The number of nitrogens with two attached hydrogens (primary N) is 1. The zero-order chi connectivity index (χ0) is 10.6. The second-order valence-electron chi connectivity index (χ2n) is 4.05. The average Bonchev–Trinajstić information content (AvgIpc) is 2.15. The molecule has 0 aromatic heterocycles. The molecule has 1 fully saturated rings. The molecule has 0 atom stereocenters. The van der Waals surface area contributed by atoms with Crippen molar-refractivity contribution >= 4 is 5.78 Å². The first-order valence-corrected chi connectivity index (χ1v) is 5.30. The fourth-order valence-corrected chi connectivity index (χ4v) is 1.85. The maximum absolute atomic E-state index is 11.3. The quantitative estimate of drug-likeness (QED) is 0.692. The lowest BCUT2D eigenvalue weighted by molar-refractivity contribution is -0.113. The van der Waals surface area contributed by atoms with Gasteiger partial charge in [-0.2, -0.15) is 0 Å². The van der Waals surface area contributed by atoms with Crippen LogP contribution in [0.3, 0.4) is 0 Å². The number of allylic oxidation sites excluding steroid dienone is 1. The summed E-state index contributed by atoms with van der Waals surface area (Å²) >= 11 is 0. The van der Waals surface area contributed by atoms with E-state index in [0.717, 1.165) is 25.2 Å². The average molecular weight is 196 g/mol. The Kier molecular flexibility index (Phi) is 4.14. The van der Waals surface area contributed by atoms with Gasteiger partial charge in [0.05, 0.1) is 0 Å². The molecule has 0 spiro atoms. The van der Waals surface area contributed by atoms with Crippen LogP contribution in [0.25, 0.3) is 0 Å². The van der Waals surface area contributed by atoms with Gasteiger partial charge >= 0.3 is 0 Å². The molecule has 0 radical (unpaired) electrons. The minimum Gasteiger partial charge on any atom is -0.402 e. The van der Waals surface area contributed by atoms with Crippen LogP contribution in [0, 0.1) is 0 Å². The smallest absolute Gasteiger partial charge is 0.158 e. The molecule has 0 aliphatic carbocycles. The van der Waals surface area contributed by atoms with E-state index < -0.39 is 0 Å². The summed E-state index contributed by atoms with van der Waals surface area (Å²) in [6.45, 7) is 6.34. The van der Waals surface area contributed by atoms with E-state index in [1.54, 1.807) is 13.8 Å². The summed E-state index contributed by atoms with van der Waals surface area (Å²) in [5, 5.41) is 0. The third-order valence-electron chi connectivity index (χ3n) is 2.73. The number of hydrogen-bond donors (Lipinski definition) is 1. The molecule has 1 saturated heterocycles. The van der Waals surface area contributed by atoms with Crippen LogP contribution in [0.15, 0.2) is 11.3 Å². The minimum atomic E-state index is 0.107. The fraction of sp³-hybridized carbons (Fsp3) is 0.727. The highest BCUT2D eigenvalue weighted by molar-refractivity contribution is 5.94. The zero-order valence-electron chi connectivity index (χ0n) is 9.18. The van der Waals surface area contributed by atoms with E-state index in [9.17, 15) is 4.79 Å². The van der Waals surface area contributed by atoms with E-state index in [-0.39, 0.29) is 5.78 Å². The summed E-state index contributed by atoms with van der Waals surface area (Å²) in [5.74, 6) is 0.107. The van der Waals surface area contributed by atoms with Crippen LogP contribution in [-0.2, 0) is 4.79 Å². The summed E-state index contributed by atoms with van der Waals surface area (Å²) in [6, 6.07) is 0. The first kappa shape index (κ1) is 11.2. The largest absolute Gasteiger partial charge is 0.402 e. The maximum Gasteiger partial charge on any atom is 0.158 e. The summed E-state index contributed by atoms with van der Waals surface area (Å²) in [5.41, 5.74) is 7.14. The molecule has 3 heteroatoms. The molecule has 2 N–H and O–H groups in total. The van der Waals surface area contributed by atoms with Gasteiger partial charge in [-0.3, -0.25) is 9.69 Å². The SMILES string of the molecule is CC(=O)/C(CN1CCCCC1)=C(\C)N. The van der Waals surface area contributed by atoms with Crippen LogP contribution in [0.4, 0.5) is 0 Å². The van der Waals surface area contributed by atoms with Gasteiger partial charge in [0.1, 0.15) is 0 Å². The van der Waals surface area contributed by atoms with Crippen LogP contribution in [-0.4, -0.2) is 30.3 Å². The van der Waals surface area contributed by atoms with E-state index in [4.69, 9.17) is 5.73 Å². The predicted molar refractivity (Wildman–Crippen MR) is 57.9 cm³/mol. The first-order valence-electron chi connectivity index (χ1n) is 5.30. The Morgan fingerprint density at radius 2 is 1.79 bits per heavy atom. The van der Waals surface area contributed by atoms with Crippen molar-refractivity contribution in [3.63, 3.8) is 0 Å². The fourth-order valence-electron chi connectivity index (χ4n) is 1.85. The Balaban J connectivity index is 2.55. The Bertz CT molecular complexity index is 236. The Morgan fingerprint density at radius 3 is 2.21 bits per heavy atom. The zero-order valence-corrected chi connectivity index (χ0v) is 9.18. The normalized spacial score (nSPS) is 20.4. The van der Waals surface area contributed by atoms with Crippen molar-refractivity contribution < 1.29 is 4.79 Å². The molecule has 3 nitrogen and oxygen atoms in total. The maximum atomic E-state index is 11.3. The van der Waals surface area contributed by atoms with E-state index in [1.165, 1.54) is 19.3 Å². The number of nitrogens with zero attached hydrogens (tertiary/aromatic N) is 1. The number of carbonyl (C=O) groups excluding carboxylic acids is 1. The number of Topliss-reactive ketones (excluding diaryl/α,β-unsaturated/α-hetero) is 1. The molecule has 0 unspecified atom stereocenters. The molecule has 0 aromatic rings. The third-order valence-corrected chi connectivity index (χ3v) is 2.73. The second-order valence-corrected chi connectivity index (χ2v) is 4.05. The van der Waals surface area contributed by atoms with Crippen molar-refractivity contribution in [3.05, 3.63) is 11.3 Å². The Labute approximate surface area is 86.0 Å². The number of rotatable bonds is 3. The molecule has 1 rings (SSSR count). The van der Waals surface area contributed by atoms with Crippen LogP contribution in [0.2, 0.25) is 0 Å². The van der Waals surface area contributed by atoms with Gasteiger partial charge in [0.2, 0.25) is 0 Å². The van der Waals surface area contributed by atoms with Gasteiger partial charge in [0.25, 0.3) is 0 Å². The van der Waals surface area contributed by atoms with Crippen molar-refractivity contribution in [2.45, 2.75) is 33.1 Å². The number of piperidine rings is 1. The minimum absolute atomic E-state index is 0.107. The van der Waals surface area contributed by atoms with Gasteiger partial charge in [-0.05, 0) is 39.8 Å². The van der Waals surface area contributed by atoms with E-state index in [2.05, 4.69) is 4.90 Å². The van der Waals surface area contributed by atoms with Crippen LogP contribution in [0.1, 0.15) is 33.1 Å². The second kappa shape index (κ2) is 5.15. The number of carbonyl (C=O) groups is 1. The summed E-state index contributed by atoms with van der Waals surface area (Å²) in [7, 11) is 0. The molecular weight excluding hydrogens is 176 g/mol. The standard InChI is InChI=1S/C11H20N2O/c1-9(12)11(10(2)14)8-13-6-4-3-5-7-13/h3-8,12H2,1-2H3/b11-9+. The number of likely N-dealkylation sites (tertiary alicyclic amines) is 1. The van der Waals surface area contributed by atoms with E-state index in [1.807, 2.05) is 0 Å². The van der Waals surface area contributed by atoms with Gasteiger partial charge in [-0.25, -0.2) is 0 Å². The first-order chi connectivity index (χ1) is 6.61. The monoisotopic (exact) mass is 196 g/mol. The van der Waals surface area contributed by atoms with Crippen LogP contribution in [0.5, 0.6) is 0 Å². The predicted octanol–water partition coefficient (Wildman–Crippen LogP) is 1.29. The van der Waals surface area contributed by atoms with Crippen molar-refractivity contribution in [2.75, 3.05) is 19.6 Å². The molecule has 1 aliphatic rings. The van der Waals surface area contributed by atoms with Gasteiger partial charge in [-0.15, -0.1) is 0 Å². The van der Waals surface area contributed by atoms with Crippen LogP contribution < -0.4 is 5.73 Å². The lowest BCUT2D eigenvalue weighted by Gasteiger charge is -2.27. The molecule has 1 heterocycles. The van der Waals surface area contributed by atoms with E-state index >= 15 is 0 Å². The summed E-state index contributed by atoms with van der Waals surface area (Å²) in [6.07, 6.45) is 3.81. The number of ketones is 1. The summed E-state index contributed by atoms with van der Waals surface area (Å²) < 4.78 is 0. The van der Waals surface area contributed by atoms with Crippen molar-refractivity contribution in [1.82, 2.24) is 4.90 Å². The molecule has 1 aliphatic heterocycles. The highest BCUT2D eigenvalue weighted by Gasteiger charge is 2.15. The van der Waals surface area contributed by atoms with E-state index in [0.29, 0.717) is 5.70 Å². The summed E-state index contributed by atoms with van der Waals surface area (Å²) in [4.78, 5) is 13.6. The molecule has 0 bridgehead atoms.